The van der Waals surface area contributed by atoms with E-state index in [-0.39, 0.29) is 26.9 Å². The summed E-state index contributed by atoms with van der Waals surface area (Å²) in [5, 5.41) is 11.5. The Bertz CT molecular complexity index is 1340. The molecule has 13 nitrogen and oxygen atoms in total. The first-order valence-corrected chi connectivity index (χ1v) is 11.2. The fraction of sp³-hybridized carbons (Fsp3) is 0.0625. The Labute approximate surface area is 175 Å². The SMILES string of the molecule is O=c1c(NNc2ccc(S(=O)(=O)O)cc2)c(COO)[nH]n1-c1ccc(S(=O)(=O)O)cc1. The van der Waals surface area contributed by atoms with Crippen molar-refractivity contribution in [3.8, 4) is 5.69 Å². The second kappa shape index (κ2) is 8.50. The Kier molecular flexibility index (Phi) is 6.16. The van der Waals surface area contributed by atoms with Gasteiger partial charge >= 0.3 is 0 Å². The molecular formula is C16H16N4O9S2. The Hall–Kier alpha value is -3.21. The highest BCUT2D eigenvalue weighted by atomic mass is 32.2. The van der Waals surface area contributed by atoms with Gasteiger partial charge in [-0.2, -0.15) is 16.8 Å². The zero-order valence-electron chi connectivity index (χ0n) is 15.4. The number of anilines is 2. The quantitative estimate of drug-likeness (QED) is 0.156. The van der Waals surface area contributed by atoms with E-state index in [0.29, 0.717) is 5.69 Å². The van der Waals surface area contributed by atoms with Crippen LogP contribution in [-0.2, 0) is 31.7 Å². The Balaban J connectivity index is 1.89. The van der Waals surface area contributed by atoms with Crippen LogP contribution in [-0.4, -0.2) is 41.0 Å². The van der Waals surface area contributed by atoms with E-state index in [1.54, 1.807) is 0 Å². The van der Waals surface area contributed by atoms with E-state index in [0.717, 1.165) is 28.9 Å². The molecule has 0 fully saturated rings. The molecule has 0 atom stereocenters. The van der Waals surface area contributed by atoms with E-state index >= 15 is 0 Å². The molecule has 31 heavy (non-hydrogen) atoms. The van der Waals surface area contributed by atoms with Gasteiger partial charge in [0.2, 0.25) is 0 Å². The van der Waals surface area contributed by atoms with E-state index in [1.807, 2.05) is 0 Å². The van der Waals surface area contributed by atoms with Crippen LogP contribution in [0.4, 0.5) is 11.4 Å². The standard InChI is InChI=1S/C16H16N4O9S2/c21-16-15(18-17-10-1-5-12(6-2-10)30(23,24)25)14(9-29-22)19-20(16)11-3-7-13(8-4-11)31(26,27)28/h1-8,17-19,22H,9H2,(H,23,24,25)(H,26,27,28). The van der Waals surface area contributed by atoms with Gasteiger partial charge in [-0.3, -0.25) is 29.7 Å². The molecule has 15 heteroatoms. The predicted molar refractivity (Wildman–Crippen MR) is 107 cm³/mol. The van der Waals surface area contributed by atoms with Crippen LogP contribution >= 0.6 is 0 Å². The maximum atomic E-state index is 12.8. The summed E-state index contributed by atoms with van der Waals surface area (Å²) in [6, 6.07) is 9.69. The van der Waals surface area contributed by atoms with E-state index in [4.69, 9.17) is 14.4 Å². The molecule has 0 saturated heterocycles. The molecule has 2 aromatic carbocycles. The number of hydrazine groups is 1. The van der Waals surface area contributed by atoms with Crippen molar-refractivity contribution in [3.63, 3.8) is 0 Å². The molecule has 0 aliphatic heterocycles. The highest BCUT2D eigenvalue weighted by molar-refractivity contribution is 7.86. The Morgan fingerprint density at radius 3 is 1.87 bits per heavy atom. The van der Waals surface area contributed by atoms with Crippen LogP contribution in [0.1, 0.15) is 5.69 Å². The predicted octanol–water partition coefficient (Wildman–Crippen LogP) is 1.09. The Morgan fingerprint density at radius 2 is 1.39 bits per heavy atom. The summed E-state index contributed by atoms with van der Waals surface area (Å²) in [5.74, 6) is 0. The first-order valence-electron chi connectivity index (χ1n) is 8.28. The number of H-pyrrole nitrogens is 1. The fourth-order valence-electron chi connectivity index (χ4n) is 2.57. The highest BCUT2D eigenvalue weighted by Gasteiger charge is 2.17. The lowest BCUT2D eigenvalue weighted by atomic mass is 10.3. The van der Waals surface area contributed by atoms with Crippen molar-refractivity contribution in [2.75, 3.05) is 10.9 Å². The smallest absolute Gasteiger partial charge is 0.296 e. The second-order valence-electron chi connectivity index (χ2n) is 6.10. The molecule has 0 saturated carbocycles. The normalized spacial score (nSPS) is 12.0. The lowest BCUT2D eigenvalue weighted by molar-refractivity contribution is -0.253. The molecule has 0 spiro atoms. The van der Waals surface area contributed by atoms with Crippen molar-refractivity contribution in [3.05, 3.63) is 64.6 Å². The van der Waals surface area contributed by atoms with E-state index in [1.165, 1.54) is 24.3 Å². The summed E-state index contributed by atoms with van der Waals surface area (Å²) in [4.78, 5) is 16.2. The van der Waals surface area contributed by atoms with Crippen LogP contribution in [0, 0.1) is 0 Å². The fourth-order valence-corrected chi connectivity index (χ4v) is 3.53. The van der Waals surface area contributed by atoms with E-state index in [2.05, 4.69) is 20.8 Å². The average molecular weight is 472 g/mol. The molecule has 0 radical (unpaired) electrons. The van der Waals surface area contributed by atoms with Crippen molar-refractivity contribution in [1.29, 1.82) is 0 Å². The molecule has 3 aromatic rings. The van der Waals surface area contributed by atoms with Gasteiger partial charge in [0, 0.05) is 0 Å². The molecule has 1 heterocycles. The minimum absolute atomic E-state index is 0.0632. The van der Waals surface area contributed by atoms with E-state index < -0.39 is 32.4 Å². The summed E-state index contributed by atoms with van der Waals surface area (Å²) < 4.78 is 63.6. The summed E-state index contributed by atoms with van der Waals surface area (Å²) in [6.45, 7) is -0.406. The van der Waals surface area contributed by atoms with Crippen molar-refractivity contribution < 1.29 is 36.1 Å². The minimum atomic E-state index is -4.40. The lowest BCUT2D eigenvalue weighted by Gasteiger charge is -2.09. The molecule has 0 bridgehead atoms. The van der Waals surface area contributed by atoms with Gasteiger partial charge in [0.15, 0.2) is 0 Å². The number of aromatic nitrogens is 2. The monoisotopic (exact) mass is 472 g/mol. The van der Waals surface area contributed by atoms with Gasteiger partial charge in [0.1, 0.15) is 12.3 Å². The number of benzene rings is 2. The van der Waals surface area contributed by atoms with Crippen LogP contribution < -0.4 is 16.4 Å². The number of nitrogens with zero attached hydrogens (tertiary/aromatic N) is 1. The number of hydrogen-bond acceptors (Lipinski definition) is 9. The topological polar surface area (TPSA) is 200 Å². The first-order chi connectivity index (χ1) is 14.5. The molecule has 166 valence electrons. The summed E-state index contributed by atoms with van der Waals surface area (Å²) >= 11 is 0. The van der Waals surface area contributed by atoms with Gasteiger partial charge in [-0.25, -0.2) is 9.57 Å². The lowest BCUT2D eigenvalue weighted by Crippen LogP contribution is -2.20. The van der Waals surface area contributed by atoms with Crippen molar-refractivity contribution in [1.82, 2.24) is 9.78 Å². The Morgan fingerprint density at radius 1 is 0.871 bits per heavy atom. The van der Waals surface area contributed by atoms with Gasteiger partial charge in [-0.1, -0.05) is 0 Å². The first kappa shape index (κ1) is 22.5. The van der Waals surface area contributed by atoms with Crippen LogP contribution in [0.25, 0.3) is 5.69 Å². The summed E-state index contributed by atoms with van der Waals surface area (Å²) in [6.07, 6.45) is 0. The zero-order chi connectivity index (χ0) is 22.8. The third-order valence-corrected chi connectivity index (χ3v) is 5.79. The number of rotatable bonds is 8. The maximum absolute atomic E-state index is 12.8. The molecule has 0 aliphatic rings. The van der Waals surface area contributed by atoms with Gasteiger partial charge in [-0.05, 0) is 48.5 Å². The summed E-state index contributed by atoms with van der Waals surface area (Å²) in [5.41, 5.74) is 5.27. The van der Waals surface area contributed by atoms with Crippen molar-refractivity contribution in [2.45, 2.75) is 16.4 Å². The molecular weight excluding hydrogens is 456 g/mol. The largest absolute Gasteiger partial charge is 0.301 e. The molecule has 0 aliphatic carbocycles. The van der Waals surface area contributed by atoms with Crippen LogP contribution in [0.5, 0.6) is 0 Å². The van der Waals surface area contributed by atoms with Crippen LogP contribution in [0.3, 0.4) is 0 Å². The molecule has 6 N–H and O–H groups in total. The number of nitrogens with one attached hydrogen (secondary N) is 3. The minimum Gasteiger partial charge on any atom is -0.301 e. The third-order valence-electron chi connectivity index (χ3n) is 4.05. The number of aromatic amines is 1. The van der Waals surface area contributed by atoms with Gasteiger partial charge in [0.05, 0.1) is 26.9 Å². The third kappa shape index (κ3) is 5.10. The van der Waals surface area contributed by atoms with Crippen molar-refractivity contribution in [2.24, 2.45) is 0 Å². The van der Waals surface area contributed by atoms with Crippen molar-refractivity contribution >= 4 is 31.6 Å². The van der Waals surface area contributed by atoms with Crippen LogP contribution in [0.15, 0.2) is 63.1 Å². The van der Waals surface area contributed by atoms with Gasteiger partial charge in [-0.15, -0.1) is 0 Å². The average Bonchev–Trinajstić information content (AvgIpc) is 3.01. The summed E-state index contributed by atoms with van der Waals surface area (Å²) in [7, 11) is -8.75. The molecule has 3 rings (SSSR count). The molecule has 1 aromatic heterocycles. The maximum Gasteiger partial charge on any atom is 0.296 e. The van der Waals surface area contributed by atoms with Crippen LogP contribution in [0.2, 0.25) is 0 Å². The second-order valence-corrected chi connectivity index (χ2v) is 8.94. The molecule has 0 unspecified atom stereocenters. The number of hydrogen-bond donors (Lipinski definition) is 6. The van der Waals surface area contributed by atoms with Gasteiger partial charge < -0.3 is 5.43 Å². The molecule has 0 amide bonds. The van der Waals surface area contributed by atoms with E-state index in [9.17, 15) is 21.6 Å². The van der Waals surface area contributed by atoms with Gasteiger partial charge in [0.25, 0.3) is 25.8 Å². The zero-order valence-corrected chi connectivity index (χ0v) is 17.0. The highest BCUT2D eigenvalue weighted by Crippen LogP contribution is 2.17.